The molecule has 16 heavy (non-hydrogen) atoms. The minimum Gasteiger partial charge on any atom is -0.508 e. The second kappa shape index (κ2) is 4.84. The van der Waals surface area contributed by atoms with Crippen molar-refractivity contribution in [2.24, 2.45) is 0 Å². The maximum atomic E-state index is 9.40. The van der Waals surface area contributed by atoms with Crippen LogP contribution in [-0.2, 0) is 6.42 Å². The summed E-state index contributed by atoms with van der Waals surface area (Å²) in [5.41, 5.74) is 2.52. The summed E-state index contributed by atoms with van der Waals surface area (Å²) < 4.78 is 0. The van der Waals surface area contributed by atoms with Crippen molar-refractivity contribution in [2.75, 3.05) is 0 Å². The maximum absolute atomic E-state index is 9.40. The summed E-state index contributed by atoms with van der Waals surface area (Å²) >= 11 is 0. The van der Waals surface area contributed by atoms with Gasteiger partial charge < -0.3 is 5.11 Å². The highest BCUT2D eigenvalue weighted by Crippen LogP contribution is 2.21. The summed E-state index contributed by atoms with van der Waals surface area (Å²) in [6, 6.07) is 17.9. The normalized spacial score (nSPS) is 12.3. The average Bonchev–Trinajstić information content (AvgIpc) is 2.30. The Hall–Kier alpha value is -1.76. The molecule has 2 aromatic carbocycles. The van der Waals surface area contributed by atoms with Crippen molar-refractivity contribution in [1.82, 2.24) is 0 Å². The molecule has 0 saturated carbocycles. The molecule has 0 saturated heterocycles. The quantitative estimate of drug-likeness (QED) is 0.821. The lowest BCUT2D eigenvalue weighted by molar-refractivity contribution is 0.474. The highest BCUT2D eigenvalue weighted by molar-refractivity contribution is 5.29. The predicted molar refractivity (Wildman–Crippen MR) is 66.7 cm³/mol. The van der Waals surface area contributed by atoms with Gasteiger partial charge in [-0.1, -0.05) is 49.4 Å². The number of rotatable bonds is 3. The number of phenolic OH excluding ortho intramolecular Hbond substituents is 1. The number of phenols is 1. The van der Waals surface area contributed by atoms with E-state index in [0.717, 1.165) is 6.42 Å². The molecule has 0 heterocycles. The van der Waals surface area contributed by atoms with Crippen LogP contribution in [0.1, 0.15) is 24.0 Å². The van der Waals surface area contributed by atoms with Crippen LogP contribution in [0.2, 0.25) is 0 Å². The Balaban J connectivity index is 2.11. The molecule has 0 fully saturated rings. The second-order valence-electron chi connectivity index (χ2n) is 4.19. The van der Waals surface area contributed by atoms with E-state index in [4.69, 9.17) is 0 Å². The molecule has 0 aliphatic heterocycles. The van der Waals surface area contributed by atoms with E-state index in [2.05, 4.69) is 37.3 Å². The fraction of sp³-hybridized carbons (Fsp3) is 0.200. The SMILES string of the molecule is CC(Cc1cccc(O)c1)c1ccccc1. The van der Waals surface area contributed by atoms with Gasteiger partial charge in [-0.2, -0.15) is 0 Å². The van der Waals surface area contributed by atoms with Crippen molar-refractivity contribution >= 4 is 0 Å². The first-order chi connectivity index (χ1) is 7.75. The first kappa shape index (κ1) is 10.7. The van der Waals surface area contributed by atoms with Gasteiger partial charge in [-0.25, -0.2) is 0 Å². The molecule has 1 nitrogen and oxygen atoms in total. The topological polar surface area (TPSA) is 20.2 Å². The third kappa shape index (κ3) is 2.63. The molecule has 1 atom stereocenters. The van der Waals surface area contributed by atoms with Crippen LogP contribution in [0.4, 0.5) is 0 Å². The summed E-state index contributed by atoms with van der Waals surface area (Å²) in [7, 11) is 0. The van der Waals surface area contributed by atoms with Crippen LogP contribution < -0.4 is 0 Å². The smallest absolute Gasteiger partial charge is 0.115 e. The molecule has 0 aliphatic carbocycles. The van der Waals surface area contributed by atoms with Crippen molar-refractivity contribution in [2.45, 2.75) is 19.3 Å². The molecular weight excluding hydrogens is 196 g/mol. The average molecular weight is 212 g/mol. The van der Waals surface area contributed by atoms with Gasteiger partial charge in [0.1, 0.15) is 5.75 Å². The fourth-order valence-corrected chi connectivity index (χ4v) is 1.94. The van der Waals surface area contributed by atoms with E-state index in [0.29, 0.717) is 11.7 Å². The number of hydrogen-bond donors (Lipinski definition) is 1. The standard InChI is InChI=1S/C15H16O/c1-12(14-7-3-2-4-8-14)10-13-6-5-9-15(16)11-13/h2-9,11-12,16H,10H2,1H3. The molecule has 2 rings (SSSR count). The van der Waals surface area contributed by atoms with Crippen LogP contribution in [0.25, 0.3) is 0 Å². The van der Waals surface area contributed by atoms with Gasteiger partial charge in [0.05, 0.1) is 0 Å². The highest BCUT2D eigenvalue weighted by Gasteiger charge is 2.06. The number of hydrogen-bond acceptors (Lipinski definition) is 1. The van der Waals surface area contributed by atoms with Crippen molar-refractivity contribution in [3.05, 3.63) is 65.7 Å². The van der Waals surface area contributed by atoms with Crippen LogP contribution in [-0.4, -0.2) is 5.11 Å². The summed E-state index contributed by atoms with van der Waals surface area (Å²) in [6.45, 7) is 2.21. The lowest BCUT2D eigenvalue weighted by Gasteiger charge is -2.11. The maximum Gasteiger partial charge on any atom is 0.115 e. The monoisotopic (exact) mass is 212 g/mol. The second-order valence-corrected chi connectivity index (χ2v) is 4.19. The number of aromatic hydroxyl groups is 1. The summed E-state index contributed by atoms with van der Waals surface area (Å²) in [6.07, 6.45) is 0.957. The van der Waals surface area contributed by atoms with Gasteiger partial charge in [0.2, 0.25) is 0 Å². The Morgan fingerprint density at radius 2 is 1.75 bits per heavy atom. The first-order valence-corrected chi connectivity index (χ1v) is 5.58. The molecule has 1 heteroatoms. The zero-order valence-corrected chi connectivity index (χ0v) is 9.43. The van der Waals surface area contributed by atoms with E-state index < -0.39 is 0 Å². The van der Waals surface area contributed by atoms with E-state index in [1.165, 1.54) is 11.1 Å². The fourth-order valence-electron chi connectivity index (χ4n) is 1.94. The van der Waals surface area contributed by atoms with Crippen LogP contribution in [0.3, 0.4) is 0 Å². The third-order valence-corrected chi connectivity index (χ3v) is 2.82. The van der Waals surface area contributed by atoms with E-state index in [-0.39, 0.29) is 0 Å². The molecule has 0 aliphatic rings. The Morgan fingerprint density at radius 1 is 1.00 bits per heavy atom. The minimum absolute atomic E-state index is 0.345. The van der Waals surface area contributed by atoms with Crippen molar-refractivity contribution in [3.63, 3.8) is 0 Å². The predicted octanol–water partition coefficient (Wildman–Crippen LogP) is 3.74. The summed E-state index contributed by atoms with van der Waals surface area (Å²) in [5, 5.41) is 9.40. The van der Waals surface area contributed by atoms with E-state index in [9.17, 15) is 5.11 Å². The van der Waals surface area contributed by atoms with Crippen LogP contribution in [0, 0.1) is 0 Å². The number of benzene rings is 2. The molecule has 0 amide bonds. The Bertz CT molecular complexity index is 448. The van der Waals surface area contributed by atoms with Crippen LogP contribution >= 0.6 is 0 Å². The van der Waals surface area contributed by atoms with Crippen molar-refractivity contribution in [3.8, 4) is 5.75 Å². The van der Waals surface area contributed by atoms with Gasteiger partial charge in [-0.05, 0) is 35.6 Å². The van der Waals surface area contributed by atoms with E-state index >= 15 is 0 Å². The van der Waals surface area contributed by atoms with Crippen molar-refractivity contribution in [1.29, 1.82) is 0 Å². The first-order valence-electron chi connectivity index (χ1n) is 5.58. The molecule has 82 valence electrons. The molecule has 0 aromatic heterocycles. The van der Waals surface area contributed by atoms with E-state index in [1.807, 2.05) is 18.2 Å². The van der Waals surface area contributed by atoms with Crippen LogP contribution in [0.5, 0.6) is 5.75 Å². The minimum atomic E-state index is 0.345. The van der Waals surface area contributed by atoms with Gasteiger partial charge >= 0.3 is 0 Å². The lowest BCUT2D eigenvalue weighted by atomic mass is 9.94. The Labute approximate surface area is 96.4 Å². The molecule has 1 N–H and O–H groups in total. The van der Waals surface area contributed by atoms with Gasteiger partial charge in [-0.3, -0.25) is 0 Å². The highest BCUT2D eigenvalue weighted by atomic mass is 16.3. The Kier molecular flexibility index (Phi) is 3.25. The van der Waals surface area contributed by atoms with Crippen LogP contribution in [0.15, 0.2) is 54.6 Å². The lowest BCUT2D eigenvalue weighted by Crippen LogP contribution is -1.97. The van der Waals surface area contributed by atoms with Gasteiger partial charge in [-0.15, -0.1) is 0 Å². The van der Waals surface area contributed by atoms with Gasteiger partial charge in [0.25, 0.3) is 0 Å². The van der Waals surface area contributed by atoms with E-state index in [1.54, 1.807) is 6.07 Å². The largest absolute Gasteiger partial charge is 0.508 e. The Morgan fingerprint density at radius 3 is 2.44 bits per heavy atom. The van der Waals surface area contributed by atoms with Gasteiger partial charge in [0.15, 0.2) is 0 Å². The molecule has 0 spiro atoms. The summed E-state index contributed by atoms with van der Waals surface area (Å²) in [5.74, 6) is 0.820. The zero-order valence-electron chi connectivity index (χ0n) is 9.43. The molecular formula is C15H16O. The van der Waals surface area contributed by atoms with Gasteiger partial charge in [0, 0.05) is 0 Å². The van der Waals surface area contributed by atoms with Crippen molar-refractivity contribution < 1.29 is 5.11 Å². The zero-order chi connectivity index (χ0) is 11.4. The summed E-state index contributed by atoms with van der Waals surface area (Å²) in [4.78, 5) is 0. The molecule has 1 unspecified atom stereocenters. The molecule has 2 aromatic rings. The third-order valence-electron chi connectivity index (χ3n) is 2.82. The molecule has 0 bridgehead atoms. The molecule has 0 radical (unpaired) electrons.